The van der Waals surface area contributed by atoms with E-state index in [9.17, 15) is 19.5 Å². The van der Waals surface area contributed by atoms with Crippen molar-refractivity contribution in [2.75, 3.05) is 14.2 Å². The molecule has 3 N–H and O–H groups in total. The molecule has 0 spiro atoms. The van der Waals surface area contributed by atoms with Gasteiger partial charge in [-0.15, -0.1) is 0 Å². The van der Waals surface area contributed by atoms with Crippen LogP contribution >= 0.6 is 0 Å². The number of hydrogen-bond acceptors (Lipinski definition) is 7. The second kappa shape index (κ2) is 9.13. The SMILES string of the molecule is COc1cc(C(=O)O)ccc1Oc1c(OC)cc(C(=O)O)cc1OC=CC(=O)O. The first-order chi connectivity index (χ1) is 13.8. The lowest BCUT2D eigenvalue weighted by molar-refractivity contribution is -0.131. The van der Waals surface area contributed by atoms with Gasteiger partial charge >= 0.3 is 17.9 Å². The molecule has 0 fully saturated rings. The van der Waals surface area contributed by atoms with Crippen molar-refractivity contribution in [1.82, 2.24) is 0 Å². The summed E-state index contributed by atoms with van der Waals surface area (Å²) in [5.41, 5.74) is -0.232. The molecule has 0 bridgehead atoms. The van der Waals surface area contributed by atoms with Crippen molar-refractivity contribution in [3.63, 3.8) is 0 Å². The Hall–Kier alpha value is -4.21. The van der Waals surface area contributed by atoms with E-state index >= 15 is 0 Å². The van der Waals surface area contributed by atoms with Crippen LogP contribution in [0.5, 0.6) is 28.7 Å². The van der Waals surface area contributed by atoms with Gasteiger partial charge in [-0.1, -0.05) is 0 Å². The van der Waals surface area contributed by atoms with Crippen LogP contribution in [0, 0.1) is 0 Å². The average molecular weight is 404 g/mol. The molecule has 0 saturated carbocycles. The van der Waals surface area contributed by atoms with Crippen LogP contribution in [-0.2, 0) is 4.79 Å². The van der Waals surface area contributed by atoms with Crippen molar-refractivity contribution in [3.05, 3.63) is 53.8 Å². The summed E-state index contributed by atoms with van der Waals surface area (Å²) in [7, 11) is 2.58. The fourth-order valence-electron chi connectivity index (χ4n) is 2.20. The van der Waals surface area contributed by atoms with Crippen LogP contribution in [-0.4, -0.2) is 47.4 Å². The summed E-state index contributed by atoms with van der Waals surface area (Å²) in [4.78, 5) is 33.1. The lowest BCUT2D eigenvalue weighted by Crippen LogP contribution is -2.02. The van der Waals surface area contributed by atoms with E-state index < -0.39 is 17.9 Å². The van der Waals surface area contributed by atoms with Crippen LogP contribution in [0.2, 0.25) is 0 Å². The maximum atomic E-state index is 11.3. The van der Waals surface area contributed by atoms with E-state index in [0.717, 1.165) is 12.3 Å². The first-order valence-electron chi connectivity index (χ1n) is 7.87. The Balaban J connectivity index is 2.56. The maximum absolute atomic E-state index is 11.3. The van der Waals surface area contributed by atoms with Crippen LogP contribution < -0.4 is 18.9 Å². The summed E-state index contributed by atoms with van der Waals surface area (Å²) in [5, 5.41) is 27.0. The summed E-state index contributed by atoms with van der Waals surface area (Å²) in [5.74, 6) is -3.79. The van der Waals surface area contributed by atoms with E-state index in [1.807, 2.05) is 0 Å². The number of ether oxygens (including phenoxy) is 4. The maximum Gasteiger partial charge on any atom is 0.335 e. The predicted molar refractivity (Wildman–Crippen MR) is 97.4 cm³/mol. The highest BCUT2D eigenvalue weighted by molar-refractivity contribution is 5.90. The molecule has 0 aromatic heterocycles. The fraction of sp³-hybridized carbons (Fsp3) is 0.105. The monoisotopic (exact) mass is 404 g/mol. The zero-order valence-corrected chi connectivity index (χ0v) is 15.2. The van der Waals surface area contributed by atoms with Gasteiger partial charge in [-0.2, -0.15) is 0 Å². The van der Waals surface area contributed by atoms with Gasteiger partial charge in [0.05, 0.1) is 37.7 Å². The van der Waals surface area contributed by atoms with Crippen LogP contribution in [0.4, 0.5) is 0 Å². The molecule has 2 rings (SSSR count). The van der Waals surface area contributed by atoms with Gasteiger partial charge in [0.15, 0.2) is 23.0 Å². The molecule has 0 unspecified atom stereocenters. The number of hydrogen-bond donors (Lipinski definition) is 3. The van der Waals surface area contributed by atoms with Gasteiger partial charge in [-0.3, -0.25) is 0 Å². The number of carbonyl (C=O) groups is 3. The van der Waals surface area contributed by atoms with Crippen LogP contribution in [0.3, 0.4) is 0 Å². The van der Waals surface area contributed by atoms with Gasteiger partial charge in [-0.05, 0) is 30.3 Å². The Morgan fingerprint density at radius 2 is 1.38 bits per heavy atom. The molecule has 2 aromatic carbocycles. The van der Waals surface area contributed by atoms with Gasteiger partial charge in [-0.25, -0.2) is 14.4 Å². The number of benzene rings is 2. The Kier molecular flexibility index (Phi) is 6.64. The first kappa shape index (κ1) is 21.1. The molecule has 0 aliphatic rings. The second-order valence-electron chi connectivity index (χ2n) is 5.34. The molecule has 152 valence electrons. The number of carboxylic acids is 3. The quantitative estimate of drug-likeness (QED) is 0.421. The highest BCUT2D eigenvalue weighted by atomic mass is 16.6. The van der Waals surface area contributed by atoms with Crippen molar-refractivity contribution >= 4 is 17.9 Å². The van der Waals surface area contributed by atoms with Crippen LogP contribution in [0.15, 0.2) is 42.7 Å². The minimum absolute atomic E-state index is 0.0204. The van der Waals surface area contributed by atoms with E-state index in [0.29, 0.717) is 6.08 Å². The minimum atomic E-state index is -1.28. The highest BCUT2D eigenvalue weighted by Crippen LogP contribution is 2.44. The topological polar surface area (TPSA) is 149 Å². The molecular formula is C19H16O10. The van der Waals surface area contributed by atoms with Crippen molar-refractivity contribution < 1.29 is 48.7 Å². The minimum Gasteiger partial charge on any atom is -0.493 e. The summed E-state index contributed by atoms with van der Waals surface area (Å²) >= 11 is 0. The zero-order chi connectivity index (χ0) is 21.6. The fourth-order valence-corrected chi connectivity index (χ4v) is 2.20. The standard InChI is InChI=1S/C19H16O10/c1-26-13-7-10(18(22)23)3-4-12(13)29-17-14(27-2)8-11(19(24)25)9-15(17)28-6-5-16(20)21/h3-9H,1-2H3,(H,20,21)(H,22,23)(H,24,25). The number of methoxy groups -OCH3 is 2. The zero-order valence-electron chi connectivity index (χ0n) is 15.2. The molecule has 0 radical (unpaired) electrons. The van der Waals surface area contributed by atoms with Crippen molar-refractivity contribution in [2.24, 2.45) is 0 Å². The van der Waals surface area contributed by atoms with Crippen molar-refractivity contribution in [3.8, 4) is 28.7 Å². The average Bonchev–Trinajstić information content (AvgIpc) is 2.68. The molecule has 10 heteroatoms. The molecule has 2 aromatic rings. The molecule has 10 nitrogen and oxygen atoms in total. The molecule has 0 aliphatic carbocycles. The Bertz CT molecular complexity index is 977. The molecular weight excluding hydrogens is 388 g/mol. The van der Waals surface area contributed by atoms with Gasteiger partial charge in [0.2, 0.25) is 5.75 Å². The summed E-state index contributed by atoms with van der Waals surface area (Å²) < 4.78 is 21.3. The molecule has 0 saturated heterocycles. The lowest BCUT2D eigenvalue weighted by Gasteiger charge is -2.17. The Labute approximate surface area is 164 Å². The summed E-state index contributed by atoms with van der Waals surface area (Å²) in [6.45, 7) is 0. The van der Waals surface area contributed by atoms with E-state index in [2.05, 4.69) is 0 Å². The van der Waals surface area contributed by atoms with Gasteiger partial charge < -0.3 is 34.3 Å². The third-order valence-electron chi connectivity index (χ3n) is 3.52. The first-order valence-corrected chi connectivity index (χ1v) is 7.87. The summed E-state index contributed by atoms with van der Waals surface area (Å²) in [6.07, 6.45) is 1.53. The molecule has 0 amide bonds. The highest BCUT2D eigenvalue weighted by Gasteiger charge is 2.20. The smallest absolute Gasteiger partial charge is 0.335 e. The summed E-state index contributed by atoms with van der Waals surface area (Å²) in [6, 6.07) is 6.15. The van der Waals surface area contributed by atoms with Crippen LogP contribution in [0.1, 0.15) is 20.7 Å². The molecule has 0 aliphatic heterocycles. The lowest BCUT2D eigenvalue weighted by atomic mass is 10.1. The van der Waals surface area contributed by atoms with Crippen molar-refractivity contribution in [2.45, 2.75) is 0 Å². The van der Waals surface area contributed by atoms with Crippen molar-refractivity contribution in [1.29, 1.82) is 0 Å². The molecule has 0 heterocycles. The molecule has 0 atom stereocenters. The van der Waals surface area contributed by atoms with E-state index in [1.165, 1.54) is 38.5 Å². The number of rotatable bonds is 9. The van der Waals surface area contributed by atoms with Gasteiger partial charge in [0, 0.05) is 0 Å². The third-order valence-corrected chi connectivity index (χ3v) is 3.52. The van der Waals surface area contributed by atoms with E-state index in [-0.39, 0.29) is 39.9 Å². The van der Waals surface area contributed by atoms with E-state index in [4.69, 9.17) is 29.2 Å². The third kappa shape index (κ3) is 5.16. The van der Waals surface area contributed by atoms with Crippen LogP contribution in [0.25, 0.3) is 0 Å². The largest absolute Gasteiger partial charge is 0.493 e. The molecule has 29 heavy (non-hydrogen) atoms. The number of aliphatic carboxylic acids is 1. The predicted octanol–water partition coefficient (Wildman–Crippen LogP) is 2.87. The normalized spacial score (nSPS) is 10.4. The van der Waals surface area contributed by atoms with Gasteiger partial charge in [0.1, 0.15) is 0 Å². The number of aromatic carboxylic acids is 2. The Morgan fingerprint density at radius 3 is 1.93 bits per heavy atom. The van der Waals surface area contributed by atoms with E-state index in [1.54, 1.807) is 0 Å². The number of carboxylic acid groups (broad SMARTS) is 3. The van der Waals surface area contributed by atoms with Gasteiger partial charge in [0.25, 0.3) is 0 Å². The Morgan fingerprint density at radius 1 is 0.793 bits per heavy atom. The second-order valence-corrected chi connectivity index (χ2v) is 5.34.